The van der Waals surface area contributed by atoms with E-state index in [0.29, 0.717) is 13.0 Å². The van der Waals surface area contributed by atoms with E-state index in [1.54, 1.807) is 0 Å². The number of unbranched alkanes of at least 4 members (excludes halogenated alkanes) is 13. The van der Waals surface area contributed by atoms with Crippen LogP contribution in [-0.4, -0.2) is 37.0 Å². The number of hydrogen-bond donors (Lipinski definition) is 1. The first-order valence-electron chi connectivity index (χ1n) is 22.0. The number of rotatable bonds is 39. The Morgan fingerprint density at radius 1 is 0.463 bits per heavy atom. The first-order chi connectivity index (χ1) is 26.7. The molecule has 54 heavy (non-hydrogen) atoms. The molecule has 0 spiro atoms. The third kappa shape index (κ3) is 43.5. The predicted octanol–water partition coefficient (Wildman–Crippen LogP) is 14.7. The van der Waals surface area contributed by atoms with Gasteiger partial charge in [0.05, 0.1) is 13.2 Å². The van der Waals surface area contributed by atoms with Gasteiger partial charge in [-0.2, -0.15) is 0 Å². The van der Waals surface area contributed by atoms with E-state index >= 15 is 0 Å². The van der Waals surface area contributed by atoms with Gasteiger partial charge in [0.15, 0.2) is 0 Å². The van der Waals surface area contributed by atoms with Crippen molar-refractivity contribution in [1.82, 2.24) is 0 Å². The average molecular weight is 747 g/mol. The van der Waals surface area contributed by atoms with E-state index in [1.165, 1.54) is 77.0 Å². The minimum Gasteiger partial charge on any atom is -0.457 e. The third-order valence-electron chi connectivity index (χ3n) is 8.83. The van der Waals surface area contributed by atoms with E-state index < -0.39 is 6.10 Å². The molecule has 0 aromatic carbocycles. The highest BCUT2D eigenvalue weighted by atomic mass is 16.6. The van der Waals surface area contributed by atoms with Crippen molar-refractivity contribution in [1.29, 1.82) is 0 Å². The lowest BCUT2D eigenvalue weighted by Gasteiger charge is -2.15. The summed E-state index contributed by atoms with van der Waals surface area (Å²) < 4.78 is 11.1. The summed E-state index contributed by atoms with van der Waals surface area (Å²) in [5, 5.41) is 9.60. The van der Waals surface area contributed by atoms with Crippen LogP contribution in [0.1, 0.15) is 174 Å². The van der Waals surface area contributed by atoms with Crippen molar-refractivity contribution >= 4 is 5.97 Å². The van der Waals surface area contributed by atoms with Crippen molar-refractivity contribution in [2.45, 2.75) is 180 Å². The number of ether oxygens (including phenoxy) is 2. The van der Waals surface area contributed by atoms with Gasteiger partial charge in [-0.05, 0) is 96.3 Å². The SMILES string of the molecule is CC/C=C\C/C=C\C/C=C\C/C=C\C/C=C\C/C=C\C/C=C\CCCC(=O)OC(CO)COCCCCCCCCCC/C=C\C/C=C\CCCCCC. The Bertz CT molecular complexity index is 1050. The number of aliphatic hydroxyl groups excluding tert-OH is 1. The second-order valence-electron chi connectivity index (χ2n) is 14.0. The molecule has 4 nitrogen and oxygen atoms in total. The van der Waals surface area contributed by atoms with Gasteiger partial charge in [-0.3, -0.25) is 4.79 Å². The lowest BCUT2D eigenvalue weighted by atomic mass is 10.1. The fraction of sp³-hybridized carbons (Fsp3) is 0.620. The summed E-state index contributed by atoms with van der Waals surface area (Å²) in [5.41, 5.74) is 0. The van der Waals surface area contributed by atoms with E-state index in [0.717, 1.165) is 77.0 Å². The largest absolute Gasteiger partial charge is 0.457 e. The number of carbonyl (C=O) groups is 1. The van der Waals surface area contributed by atoms with Crippen molar-refractivity contribution in [3.8, 4) is 0 Å². The van der Waals surface area contributed by atoms with E-state index in [9.17, 15) is 9.90 Å². The highest BCUT2D eigenvalue weighted by Gasteiger charge is 2.13. The highest BCUT2D eigenvalue weighted by Crippen LogP contribution is 2.11. The number of aliphatic hydroxyl groups is 1. The van der Waals surface area contributed by atoms with Crippen LogP contribution in [0.25, 0.3) is 0 Å². The second kappa shape index (κ2) is 46.2. The van der Waals surface area contributed by atoms with Crippen LogP contribution >= 0.6 is 0 Å². The Hall–Kier alpha value is -2.95. The minimum atomic E-state index is -0.576. The predicted molar refractivity (Wildman–Crippen MR) is 237 cm³/mol. The topological polar surface area (TPSA) is 55.8 Å². The summed E-state index contributed by atoms with van der Waals surface area (Å²) in [7, 11) is 0. The molecule has 306 valence electrons. The summed E-state index contributed by atoms with van der Waals surface area (Å²) in [5.74, 6) is -0.264. The molecule has 0 aliphatic rings. The van der Waals surface area contributed by atoms with Gasteiger partial charge < -0.3 is 14.6 Å². The van der Waals surface area contributed by atoms with Crippen LogP contribution in [-0.2, 0) is 14.3 Å². The molecular formula is C50H82O4. The summed E-state index contributed by atoms with van der Waals surface area (Å²) in [6.07, 6.45) is 67.2. The van der Waals surface area contributed by atoms with Crippen LogP contribution in [0.2, 0.25) is 0 Å². The highest BCUT2D eigenvalue weighted by molar-refractivity contribution is 5.69. The quantitative estimate of drug-likeness (QED) is 0.0387. The fourth-order valence-electron chi connectivity index (χ4n) is 5.58. The van der Waals surface area contributed by atoms with Crippen LogP contribution < -0.4 is 0 Å². The Kier molecular flexibility index (Phi) is 43.7. The normalized spacial score (nSPS) is 13.5. The molecule has 0 saturated carbocycles. The van der Waals surface area contributed by atoms with Crippen LogP contribution in [0.4, 0.5) is 0 Å². The standard InChI is InChI=1S/C50H82O4/c1-3-5-7-9-11-13-15-17-19-21-23-24-25-26-27-29-31-33-35-37-39-41-43-45-50(52)54-49(47-51)48-53-46-44-42-40-38-36-34-32-30-28-22-20-18-16-14-12-10-8-6-4-2/h5,7,11,13-14,16-17,19-20,22-24,26-27,31,33,37,39,49,51H,3-4,6,8-10,12,15,18,21,25,28-30,32,34-36,38,40-48H2,1-2H3/b7-5-,13-11-,16-14-,19-17-,22-20-,24-23-,27-26-,33-31-,39-37-. The molecule has 1 N–H and O–H groups in total. The smallest absolute Gasteiger partial charge is 0.306 e. The van der Waals surface area contributed by atoms with Gasteiger partial charge in [-0.15, -0.1) is 0 Å². The lowest BCUT2D eigenvalue weighted by molar-refractivity contribution is -0.154. The molecule has 0 aromatic rings. The lowest BCUT2D eigenvalue weighted by Crippen LogP contribution is -2.27. The molecule has 0 amide bonds. The average Bonchev–Trinajstić information content (AvgIpc) is 3.18. The van der Waals surface area contributed by atoms with Crippen molar-refractivity contribution in [3.63, 3.8) is 0 Å². The van der Waals surface area contributed by atoms with Gasteiger partial charge in [-0.25, -0.2) is 0 Å². The molecule has 1 unspecified atom stereocenters. The molecule has 0 bridgehead atoms. The van der Waals surface area contributed by atoms with E-state index in [-0.39, 0.29) is 19.2 Å². The van der Waals surface area contributed by atoms with Crippen LogP contribution in [0.15, 0.2) is 109 Å². The third-order valence-corrected chi connectivity index (χ3v) is 8.83. The number of esters is 1. The zero-order chi connectivity index (χ0) is 39.1. The molecule has 0 aliphatic carbocycles. The maximum atomic E-state index is 12.2. The van der Waals surface area contributed by atoms with Gasteiger partial charge in [0, 0.05) is 13.0 Å². The molecule has 0 aromatic heterocycles. The minimum absolute atomic E-state index is 0.205. The Morgan fingerprint density at radius 2 is 0.833 bits per heavy atom. The van der Waals surface area contributed by atoms with Crippen molar-refractivity contribution in [2.75, 3.05) is 19.8 Å². The molecule has 0 saturated heterocycles. The molecule has 1 atom stereocenters. The number of carbonyl (C=O) groups excluding carboxylic acids is 1. The van der Waals surface area contributed by atoms with Crippen LogP contribution in [0.3, 0.4) is 0 Å². The van der Waals surface area contributed by atoms with Crippen molar-refractivity contribution in [3.05, 3.63) is 109 Å². The maximum Gasteiger partial charge on any atom is 0.306 e. The van der Waals surface area contributed by atoms with Crippen LogP contribution in [0.5, 0.6) is 0 Å². The van der Waals surface area contributed by atoms with E-state index in [2.05, 4.69) is 123 Å². The Morgan fingerprint density at radius 3 is 1.26 bits per heavy atom. The van der Waals surface area contributed by atoms with Crippen molar-refractivity contribution in [2.24, 2.45) is 0 Å². The van der Waals surface area contributed by atoms with Gasteiger partial charge in [0.25, 0.3) is 0 Å². The molecule has 0 rings (SSSR count). The van der Waals surface area contributed by atoms with Gasteiger partial charge >= 0.3 is 5.97 Å². The molecular weight excluding hydrogens is 665 g/mol. The summed E-state index contributed by atoms with van der Waals surface area (Å²) in [6, 6.07) is 0. The summed E-state index contributed by atoms with van der Waals surface area (Å²) in [6.45, 7) is 5.13. The van der Waals surface area contributed by atoms with Gasteiger partial charge in [0.2, 0.25) is 0 Å². The molecule has 4 heteroatoms. The maximum absolute atomic E-state index is 12.2. The summed E-state index contributed by atoms with van der Waals surface area (Å²) >= 11 is 0. The zero-order valence-electron chi connectivity index (χ0n) is 34.9. The molecule has 0 aliphatic heterocycles. The van der Waals surface area contributed by atoms with E-state index in [4.69, 9.17) is 9.47 Å². The number of allylic oxidation sites excluding steroid dienone is 18. The molecule has 0 heterocycles. The van der Waals surface area contributed by atoms with E-state index in [1.807, 2.05) is 0 Å². The van der Waals surface area contributed by atoms with Crippen molar-refractivity contribution < 1.29 is 19.4 Å². The molecule has 0 radical (unpaired) electrons. The number of hydrogen-bond acceptors (Lipinski definition) is 4. The Labute approximate surface area is 334 Å². The Balaban J connectivity index is 3.61. The first-order valence-corrected chi connectivity index (χ1v) is 22.0. The zero-order valence-corrected chi connectivity index (χ0v) is 34.9. The first kappa shape index (κ1) is 51.0. The molecule has 0 fully saturated rings. The fourth-order valence-corrected chi connectivity index (χ4v) is 5.58. The summed E-state index contributed by atoms with van der Waals surface area (Å²) in [4.78, 5) is 12.2. The monoisotopic (exact) mass is 747 g/mol. The van der Waals surface area contributed by atoms with Gasteiger partial charge in [-0.1, -0.05) is 181 Å². The van der Waals surface area contributed by atoms with Crippen LogP contribution in [0, 0.1) is 0 Å². The second-order valence-corrected chi connectivity index (χ2v) is 14.0. The van der Waals surface area contributed by atoms with Gasteiger partial charge in [0.1, 0.15) is 6.10 Å².